The first kappa shape index (κ1) is 27.2. The zero-order valence-electron chi connectivity index (χ0n) is 21.6. The van der Waals surface area contributed by atoms with Crippen molar-refractivity contribution in [3.05, 3.63) is 90.1 Å². The van der Waals surface area contributed by atoms with Crippen LogP contribution in [0.1, 0.15) is 53.5 Å². The molecular formula is C29H29F3N6O2. The highest BCUT2D eigenvalue weighted by molar-refractivity contribution is 5.95. The van der Waals surface area contributed by atoms with E-state index in [0.717, 1.165) is 40.8 Å². The summed E-state index contributed by atoms with van der Waals surface area (Å²) in [5, 5.41) is 8.84. The van der Waals surface area contributed by atoms with Crippen molar-refractivity contribution >= 4 is 11.8 Å². The number of nitrogens with zero attached hydrogens (tertiary/aromatic N) is 3. The summed E-state index contributed by atoms with van der Waals surface area (Å²) in [6.45, 7) is 0.0969. The summed E-state index contributed by atoms with van der Waals surface area (Å²) in [6, 6.07) is 18.2. The number of nitrogens with one attached hydrogen (secondary N) is 3. The molecule has 0 atom stereocenters. The Morgan fingerprint density at radius 1 is 0.925 bits per heavy atom. The topological polar surface area (TPSA) is 105 Å². The lowest BCUT2D eigenvalue weighted by molar-refractivity contribution is -0.141. The van der Waals surface area contributed by atoms with E-state index in [2.05, 4.69) is 20.7 Å². The lowest BCUT2D eigenvalue weighted by Crippen LogP contribution is -2.38. The van der Waals surface area contributed by atoms with Gasteiger partial charge in [0.15, 0.2) is 5.69 Å². The van der Waals surface area contributed by atoms with Crippen LogP contribution in [0.4, 0.5) is 13.2 Å². The molecule has 2 aromatic heterocycles. The first-order valence-corrected chi connectivity index (χ1v) is 13.2. The maximum Gasteiger partial charge on any atom is 0.435 e. The molecule has 5 rings (SSSR count). The number of halogens is 3. The number of hydrogen-bond acceptors (Lipinski definition) is 4. The highest BCUT2D eigenvalue weighted by Gasteiger charge is 2.39. The van der Waals surface area contributed by atoms with Gasteiger partial charge < -0.3 is 15.6 Å². The molecule has 0 spiro atoms. The van der Waals surface area contributed by atoms with E-state index in [4.69, 9.17) is 4.98 Å². The molecule has 1 aliphatic rings. The van der Waals surface area contributed by atoms with Crippen LogP contribution in [0.25, 0.3) is 16.9 Å². The van der Waals surface area contributed by atoms with Gasteiger partial charge in [0.05, 0.1) is 16.9 Å². The summed E-state index contributed by atoms with van der Waals surface area (Å²) in [5.41, 5.74) is 0.506. The van der Waals surface area contributed by atoms with E-state index >= 15 is 0 Å². The number of hydrogen-bond donors (Lipinski definition) is 3. The molecule has 1 fully saturated rings. The van der Waals surface area contributed by atoms with Crippen LogP contribution in [-0.2, 0) is 11.0 Å². The van der Waals surface area contributed by atoms with E-state index in [1.54, 1.807) is 30.3 Å². The van der Waals surface area contributed by atoms with Crippen LogP contribution >= 0.6 is 0 Å². The van der Waals surface area contributed by atoms with Gasteiger partial charge in [-0.2, -0.15) is 18.3 Å². The molecule has 0 saturated heterocycles. The van der Waals surface area contributed by atoms with Crippen LogP contribution in [0.3, 0.4) is 0 Å². The number of amides is 2. The minimum Gasteiger partial charge on any atom is -0.354 e. The largest absolute Gasteiger partial charge is 0.435 e. The van der Waals surface area contributed by atoms with Crippen LogP contribution in [0.5, 0.6) is 0 Å². The predicted molar refractivity (Wildman–Crippen MR) is 143 cm³/mol. The number of rotatable bonds is 8. The number of aromatic amines is 1. The molecule has 8 nitrogen and oxygen atoms in total. The zero-order valence-corrected chi connectivity index (χ0v) is 21.6. The van der Waals surface area contributed by atoms with Crippen LogP contribution in [0.2, 0.25) is 0 Å². The fraction of sp³-hybridized carbons (Fsp3) is 0.310. The zero-order chi connectivity index (χ0) is 28.1. The average molecular weight is 551 g/mol. The number of H-pyrrole nitrogens is 1. The molecule has 1 saturated carbocycles. The highest BCUT2D eigenvalue weighted by Crippen LogP contribution is 2.35. The van der Waals surface area contributed by atoms with E-state index in [0.29, 0.717) is 18.5 Å². The monoisotopic (exact) mass is 550 g/mol. The lowest BCUT2D eigenvalue weighted by atomic mass is 9.81. The Morgan fingerprint density at radius 3 is 2.25 bits per heavy atom. The van der Waals surface area contributed by atoms with Crippen LogP contribution in [-0.4, -0.2) is 44.7 Å². The van der Waals surface area contributed by atoms with E-state index in [-0.39, 0.29) is 30.8 Å². The van der Waals surface area contributed by atoms with E-state index in [1.807, 2.05) is 36.5 Å². The molecule has 11 heteroatoms. The number of alkyl halides is 3. The Balaban J connectivity index is 1.09. The van der Waals surface area contributed by atoms with Gasteiger partial charge in [-0.15, -0.1) is 0 Å². The number of benzene rings is 2. The Labute approximate surface area is 229 Å². The summed E-state index contributed by atoms with van der Waals surface area (Å²) in [6.07, 6.45) is 1.23. The molecule has 0 bridgehead atoms. The normalized spacial score (nSPS) is 17.4. The average Bonchev–Trinajstić information content (AvgIpc) is 3.65. The van der Waals surface area contributed by atoms with Gasteiger partial charge in [-0.3, -0.25) is 9.59 Å². The summed E-state index contributed by atoms with van der Waals surface area (Å²) in [4.78, 5) is 33.3. The maximum atomic E-state index is 13.5. The van der Waals surface area contributed by atoms with Crippen LogP contribution < -0.4 is 10.6 Å². The first-order chi connectivity index (χ1) is 19.3. The minimum absolute atomic E-state index is 0.0115. The van der Waals surface area contributed by atoms with Crippen molar-refractivity contribution in [2.24, 2.45) is 5.92 Å². The first-order valence-electron chi connectivity index (χ1n) is 13.2. The number of aromatic nitrogens is 4. The molecule has 40 heavy (non-hydrogen) atoms. The van der Waals surface area contributed by atoms with Crippen LogP contribution in [0.15, 0.2) is 73.1 Å². The molecule has 4 aromatic rings. The Kier molecular flexibility index (Phi) is 7.99. The third-order valence-electron chi connectivity index (χ3n) is 7.11. The maximum absolute atomic E-state index is 13.5. The number of imidazole rings is 1. The van der Waals surface area contributed by atoms with E-state index in [1.165, 1.54) is 0 Å². The van der Waals surface area contributed by atoms with Gasteiger partial charge in [0, 0.05) is 42.9 Å². The van der Waals surface area contributed by atoms with Crippen LogP contribution in [0, 0.1) is 5.92 Å². The molecule has 3 N–H and O–H groups in total. The third kappa shape index (κ3) is 6.24. The molecule has 1 aliphatic carbocycles. The number of para-hydroxylation sites is 1. The number of carbonyl (C=O) groups is 2. The molecule has 208 valence electrons. The van der Waals surface area contributed by atoms with Gasteiger partial charge >= 0.3 is 6.18 Å². The van der Waals surface area contributed by atoms with Crippen molar-refractivity contribution in [1.29, 1.82) is 0 Å². The van der Waals surface area contributed by atoms with Crippen molar-refractivity contribution in [2.45, 2.75) is 37.8 Å². The summed E-state index contributed by atoms with van der Waals surface area (Å²) < 4.78 is 41.6. The number of carbonyl (C=O) groups excluding carboxylic acids is 2. The fourth-order valence-corrected chi connectivity index (χ4v) is 5.00. The Morgan fingerprint density at radius 2 is 1.57 bits per heavy atom. The summed E-state index contributed by atoms with van der Waals surface area (Å²) in [7, 11) is 0. The second-order valence-corrected chi connectivity index (χ2v) is 9.80. The molecule has 2 amide bonds. The molecule has 0 radical (unpaired) electrons. The molecular weight excluding hydrogens is 521 g/mol. The van der Waals surface area contributed by atoms with Gasteiger partial charge in [0.25, 0.3) is 5.91 Å². The minimum atomic E-state index is -4.79. The molecule has 0 aliphatic heterocycles. The second-order valence-electron chi connectivity index (χ2n) is 9.80. The summed E-state index contributed by atoms with van der Waals surface area (Å²) >= 11 is 0. The van der Waals surface area contributed by atoms with E-state index in [9.17, 15) is 22.8 Å². The van der Waals surface area contributed by atoms with Gasteiger partial charge in [-0.1, -0.05) is 48.5 Å². The SMILES string of the molecule is O=C(NCCNC(=O)[C@H]1CC[C@H](c2nc(-c3ccccc3)c[nH]2)CC1)c1cn(-c2ccccc2)nc1C(F)(F)F. The smallest absolute Gasteiger partial charge is 0.354 e. The van der Waals surface area contributed by atoms with Crippen molar-refractivity contribution in [1.82, 2.24) is 30.4 Å². The quantitative estimate of drug-likeness (QED) is 0.266. The van der Waals surface area contributed by atoms with Crippen molar-refractivity contribution < 1.29 is 22.8 Å². The van der Waals surface area contributed by atoms with Gasteiger partial charge in [0.1, 0.15) is 5.82 Å². The fourth-order valence-electron chi connectivity index (χ4n) is 5.00. The molecule has 2 aromatic carbocycles. The van der Waals surface area contributed by atoms with Gasteiger partial charge in [-0.25, -0.2) is 9.67 Å². The van der Waals surface area contributed by atoms with Crippen molar-refractivity contribution in [3.8, 4) is 16.9 Å². The lowest BCUT2D eigenvalue weighted by Gasteiger charge is -2.26. The summed E-state index contributed by atoms with van der Waals surface area (Å²) in [5.74, 6) is -0.00584. The molecule has 0 unspecified atom stereocenters. The van der Waals surface area contributed by atoms with Crippen molar-refractivity contribution in [2.75, 3.05) is 13.1 Å². The Bertz CT molecular complexity index is 1440. The molecule has 2 heterocycles. The van der Waals surface area contributed by atoms with Gasteiger partial charge in [-0.05, 0) is 37.8 Å². The Hall–Kier alpha value is -4.41. The van der Waals surface area contributed by atoms with Gasteiger partial charge in [0.2, 0.25) is 5.91 Å². The highest BCUT2D eigenvalue weighted by atomic mass is 19.4. The van der Waals surface area contributed by atoms with E-state index < -0.39 is 23.3 Å². The standard InChI is InChI=1S/C29H29F3N6O2/c30-29(31,32)25-23(18-38(37-25)22-9-5-2-6-10-22)28(40)34-16-15-33-27(39)21-13-11-20(12-14-21)26-35-17-24(36-26)19-7-3-1-4-8-19/h1-10,17-18,20-21H,11-16H2,(H,33,39)(H,34,40)(H,35,36)/t20-,21-. The predicted octanol–water partition coefficient (Wildman–Crippen LogP) is 5.10. The third-order valence-corrected chi connectivity index (χ3v) is 7.11. The second kappa shape index (κ2) is 11.8. The van der Waals surface area contributed by atoms with Crippen molar-refractivity contribution in [3.63, 3.8) is 0 Å².